The summed E-state index contributed by atoms with van der Waals surface area (Å²) in [5.41, 5.74) is 4.89. The number of carbonyl (C=O) groups excluding carboxylic acids is 1. The monoisotopic (exact) mass is 391 g/mol. The molecule has 0 saturated heterocycles. The molecule has 0 spiro atoms. The van der Waals surface area contributed by atoms with Crippen LogP contribution in [0.2, 0.25) is 0 Å². The summed E-state index contributed by atoms with van der Waals surface area (Å²) in [4.78, 5) is 16.6. The number of rotatable bonds is 5. The van der Waals surface area contributed by atoms with E-state index in [1.165, 1.54) is 12.8 Å². The maximum atomic E-state index is 11.6. The van der Waals surface area contributed by atoms with Crippen LogP contribution >= 0.6 is 11.8 Å². The number of aryl methyl sites for hydroxylation is 1. The number of amides is 1. The Morgan fingerprint density at radius 2 is 2.00 bits per heavy atom. The molecule has 0 atom stereocenters. The number of nitrogens with zero attached hydrogens (tertiary/aromatic N) is 2. The van der Waals surface area contributed by atoms with Crippen molar-refractivity contribution in [2.24, 2.45) is 0 Å². The maximum Gasteiger partial charge on any atom is 0.411 e. The van der Waals surface area contributed by atoms with Gasteiger partial charge in [-0.05, 0) is 42.0 Å². The van der Waals surface area contributed by atoms with Crippen molar-refractivity contribution in [2.75, 3.05) is 24.4 Å². The summed E-state index contributed by atoms with van der Waals surface area (Å²) in [7, 11) is 1.35. The Hall–Kier alpha value is -2.99. The van der Waals surface area contributed by atoms with Gasteiger partial charge < -0.3 is 9.14 Å². The van der Waals surface area contributed by atoms with Crippen molar-refractivity contribution in [2.45, 2.75) is 6.42 Å². The minimum Gasteiger partial charge on any atom is -0.453 e. The van der Waals surface area contributed by atoms with Crippen molar-refractivity contribution in [3.63, 3.8) is 0 Å². The van der Waals surface area contributed by atoms with Gasteiger partial charge in [-0.3, -0.25) is 5.32 Å². The molecule has 0 radical (unpaired) electrons. The summed E-state index contributed by atoms with van der Waals surface area (Å²) < 4.78 is 6.88. The predicted octanol–water partition coefficient (Wildman–Crippen LogP) is 5.24. The van der Waals surface area contributed by atoms with Crippen LogP contribution in [0.25, 0.3) is 27.7 Å². The quantitative estimate of drug-likeness (QED) is 0.506. The van der Waals surface area contributed by atoms with E-state index < -0.39 is 6.09 Å². The predicted molar refractivity (Wildman–Crippen MR) is 116 cm³/mol. The van der Waals surface area contributed by atoms with Crippen molar-refractivity contribution in [3.05, 3.63) is 66.5 Å². The van der Waals surface area contributed by atoms with Crippen molar-refractivity contribution in [1.82, 2.24) is 9.38 Å². The second-order valence-electron chi connectivity index (χ2n) is 6.44. The highest BCUT2D eigenvalue weighted by atomic mass is 32.2. The summed E-state index contributed by atoms with van der Waals surface area (Å²) in [5, 5.41) is 4.80. The van der Waals surface area contributed by atoms with Crippen LogP contribution in [0.15, 0.2) is 60.8 Å². The highest BCUT2D eigenvalue weighted by molar-refractivity contribution is 7.98. The zero-order valence-electron chi connectivity index (χ0n) is 15.8. The van der Waals surface area contributed by atoms with E-state index in [-0.39, 0.29) is 0 Å². The van der Waals surface area contributed by atoms with Gasteiger partial charge in [0.1, 0.15) is 5.65 Å². The number of nitrogens with one attached hydrogen (secondary N) is 1. The molecular formula is C22H21N3O2S. The number of imidazole rings is 1. The largest absolute Gasteiger partial charge is 0.453 e. The molecule has 4 aromatic rings. The van der Waals surface area contributed by atoms with E-state index >= 15 is 0 Å². The first-order valence-electron chi connectivity index (χ1n) is 9.04. The zero-order valence-corrected chi connectivity index (χ0v) is 16.6. The van der Waals surface area contributed by atoms with Gasteiger partial charge in [-0.1, -0.05) is 36.4 Å². The number of methoxy groups -OCH3 is 1. The average molecular weight is 391 g/mol. The van der Waals surface area contributed by atoms with Crippen LogP contribution in [0.3, 0.4) is 0 Å². The van der Waals surface area contributed by atoms with Gasteiger partial charge in [0.05, 0.1) is 18.5 Å². The van der Waals surface area contributed by atoms with Crippen LogP contribution in [-0.4, -0.2) is 34.6 Å². The lowest BCUT2D eigenvalue weighted by molar-refractivity contribution is 0.187. The number of carbonyl (C=O) groups is 1. The van der Waals surface area contributed by atoms with Crippen LogP contribution in [0.5, 0.6) is 0 Å². The second kappa shape index (κ2) is 7.94. The Morgan fingerprint density at radius 1 is 1.18 bits per heavy atom. The number of ether oxygens (including phenoxy) is 1. The second-order valence-corrected chi connectivity index (χ2v) is 7.43. The number of hydrogen-bond acceptors (Lipinski definition) is 4. The third kappa shape index (κ3) is 3.43. The Kier molecular flexibility index (Phi) is 5.21. The molecule has 0 unspecified atom stereocenters. The molecule has 28 heavy (non-hydrogen) atoms. The molecule has 2 heterocycles. The number of thioether (sulfide) groups is 1. The molecule has 5 nitrogen and oxygen atoms in total. The smallest absolute Gasteiger partial charge is 0.411 e. The van der Waals surface area contributed by atoms with E-state index in [9.17, 15) is 4.79 Å². The Bertz CT molecular complexity index is 1140. The molecule has 6 heteroatoms. The fraction of sp³-hybridized carbons (Fsp3) is 0.182. The van der Waals surface area contributed by atoms with Crippen LogP contribution in [0.1, 0.15) is 5.69 Å². The van der Waals surface area contributed by atoms with Gasteiger partial charge in [0.2, 0.25) is 0 Å². The molecule has 0 fully saturated rings. The normalized spacial score (nSPS) is 11.1. The number of fused-ring (bicyclic) bond motifs is 3. The molecule has 1 amide bonds. The van der Waals surface area contributed by atoms with Crippen molar-refractivity contribution in [1.29, 1.82) is 0 Å². The molecule has 4 rings (SSSR count). The first-order valence-corrected chi connectivity index (χ1v) is 10.4. The summed E-state index contributed by atoms with van der Waals surface area (Å²) in [6.45, 7) is 0. The van der Waals surface area contributed by atoms with Gasteiger partial charge in [-0.25, -0.2) is 9.78 Å². The minimum absolute atomic E-state index is 0.486. The van der Waals surface area contributed by atoms with Gasteiger partial charge in [0.15, 0.2) is 0 Å². The SMILES string of the molecule is COC(=O)Nc1ccc2ccn3c(CCSC)c(-c4ccccc4)nc3c2c1. The first-order chi connectivity index (χ1) is 13.7. The average Bonchev–Trinajstić information content (AvgIpc) is 3.11. The lowest BCUT2D eigenvalue weighted by atomic mass is 10.1. The van der Waals surface area contributed by atoms with Gasteiger partial charge in [-0.15, -0.1) is 0 Å². The van der Waals surface area contributed by atoms with E-state index in [4.69, 9.17) is 9.72 Å². The molecule has 2 aromatic carbocycles. The van der Waals surface area contributed by atoms with Crippen LogP contribution in [0, 0.1) is 0 Å². The van der Waals surface area contributed by atoms with Crippen molar-refractivity contribution >= 4 is 40.0 Å². The number of benzene rings is 2. The summed E-state index contributed by atoms with van der Waals surface area (Å²) in [6.07, 6.45) is 4.64. The molecule has 0 saturated carbocycles. The topological polar surface area (TPSA) is 55.6 Å². The summed E-state index contributed by atoms with van der Waals surface area (Å²) in [6, 6.07) is 18.2. The third-order valence-corrected chi connectivity index (χ3v) is 5.34. The van der Waals surface area contributed by atoms with Crippen molar-refractivity contribution < 1.29 is 9.53 Å². The third-order valence-electron chi connectivity index (χ3n) is 4.73. The Balaban J connectivity index is 1.93. The van der Waals surface area contributed by atoms with Crippen LogP contribution < -0.4 is 5.32 Å². The molecule has 0 bridgehead atoms. The maximum absolute atomic E-state index is 11.6. The molecule has 0 aliphatic carbocycles. The number of anilines is 1. The van der Waals surface area contributed by atoms with Crippen LogP contribution in [0.4, 0.5) is 10.5 Å². The standard InChI is InChI=1S/C22H21N3O2S/c1-27-22(26)23-17-9-8-15-10-12-25-19(11-13-28-2)20(16-6-4-3-5-7-16)24-21(25)18(15)14-17/h3-10,12,14H,11,13H2,1-2H3,(H,23,26). The van der Waals surface area contributed by atoms with Crippen LogP contribution in [-0.2, 0) is 11.2 Å². The molecule has 0 aliphatic heterocycles. The zero-order chi connectivity index (χ0) is 19.5. The van der Waals surface area contributed by atoms with Gasteiger partial charge in [-0.2, -0.15) is 11.8 Å². The lowest BCUT2D eigenvalue weighted by Gasteiger charge is -2.08. The molecular weight excluding hydrogens is 370 g/mol. The molecule has 142 valence electrons. The van der Waals surface area contributed by atoms with E-state index in [1.807, 2.05) is 48.2 Å². The van der Waals surface area contributed by atoms with Gasteiger partial charge in [0.25, 0.3) is 0 Å². The summed E-state index contributed by atoms with van der Waals surface area (Å²) in [5.74, 6) is 1.02. The minimum atomic E-state index is -0.486. The van der Waals surface area contributed by atoms with E-state index in [1.54, 1.807) is 0 Å². The highest BCUT2D eigenvalue weighted by Gasteiger charge is 2.16. The van der Waals surface area contributed by atoms with Crippen molar-refractivity contribution in [3.8, 4) is 11.3 Å². The van der Waals surface area contributed by atoms with E-state index in [0.717, 1.165) is 39.9 Å². The number of hydrogen-bond donors (Lipinski definition) is 1. The van der Waals surface area contributed by atoms with Gasteiger partial charge >= 0.3 is 6.09 Å². The first kappa shape index (κ1) is 18.4. The molecule has 2 aromatic heterocycles. The fourth-order valence-corrected chi connectivity index (χ4v) is 3.78. The molecule has 1 N–H and O–H groups in total. The number of pyridine rings is 1. The molecule has 0 aliphatic rings. The van der Waals surface area contributed by atoms with Gasteiger partial charge in [0, 0.05) is 22.8 Å². The lowest BCUT2D eigenvalue weighted by Crippen LogP contribution is -2.10. The number of aromatic nitrogens is 2. The Labute approximate surface area is 167 Å². The summed E-state index contributed by atoms with van der Waals surface area (Å²) >= 11 is 1.83. The highest BCUT2D eigenvalue weighted by Crippen LogP contribution is 2.30. The fourth-order valence-electron chi connectivity index (χ4n) is 3.38. The van der Waals surface area contributed by atoms with E-state index in [0.29, 0.717) is 5.69 Å². The van der Waals surface area contributed by atoms with E-state index in [2.05, 4.69) is 40.4 Å². The Morgan fingerprint density at radius 3 is 2.75 bits per heavy atom.